The molecule has 6 aromatic rings. The SMILES string of the molecule is Cc1nc2cccc3c2n1-c1ccc(-c2ccc(-c4nc5ccccc5s4)cc2)cc1S3(=O)=O. The minimum atomic E-state index is -3.66. The molecule has 0 atom stereocenters. The third-order valence-corrected chi connectivity index (χ3v) is 9.25. The number of sulfone groups is 1. The normalized spacial score (nSPS) is 13.9. The minimum absolute atomic E-state index is 0.307. The minimum Gasteiger partial charge on any atom is -0.294 e. The molecule has 1 aliphatic heterocycles. The zero-order valence-corrected chi connectivity index (χ0v) is 19.7. The summed E-state index contributed by atoms with van der Waals surface area (Å²) in [6.07, 6.45) is 0. The van der Waals surface area contributed by atoms with E-state index in [2.05, 4.69) is 11.1 Å². The van der Waals surface area contributed by atoms with Gasteiger partial charge in [-0.1, -0.05) is 48.5 Å². The van der Waals surface area contributed by atoms with E-state index >= 15 is 0 Å². The van der Waals surface area contributed by atoms with Crippen LogP contribution in [0.15, 0.2) is 94.7 Å². The molecular formula is C27H17N3O2S2. The molecule has 4 aromatic carbocycles. The molecule has 2 aromatic heterocycles. The second-order valence-corrected chi connectivity index (χ2v) is 11.3. The molecule has 0 radical (unpaired) electrons. The van der Waals surface area contributed by atoms with Crippen LogP contribution in [0.3, 0.4) is 0 Å². The molecule has 0 amide bonds. The summed E-state index contributed by atoms with van der Waals surface area (Å²) in [7, 11) is -3.66. The van der Waals surface area contributed by atoms with Crippen LogP contribution in [0.5, 0.6) is 0 Å². The number of para-hydroxylation sites is 2. The van der Waals surface area contributed by atoms with Crippen LogP contribution in [-0.4, -0.2) is 23.0 Å². The first-order valence-electron chi connectivity index (χ1n) is 10.8. The van der Waals surface area contributed by atoms with Crippen LogP contribution < -0.4 is 0 Å². The second kappa shape index (κ2) is 6.85. The number of fused-ring (bicyclic) bond motifs is 3. The summed E-state index contributed by atoms with van der Waals surface area (Å²) in [5.41, 5.74) is 5.84. The van der Waals surface area contributed by atoms with Gasteiger partial charge in [0, 0.05) is 5.56 Å². The lowest BCUT2D eigenvalue weighted by atomic mass is 10.0. The predicted molar refractivity (Wildman–Crippen MR) is 135 cm³/mol. The molecule has 0 unspecified atom stereocenters. The van der Waals surface area contributed by atoms with Crippen molar-refractivity contribution < 1.29 is 8.42 Å². The number of nitrogens with zero attached hydrogens (tertiary/aromatic N) is 3. The molecule has 0 saturated carbocycles. The molecule has 0 fully saturated rings. The highest BCUT2D eigenvalue weighted by Crippen LogP contribution is 2.41. The molecule has 0 aliphatic carbocycles. The first-order valence-corrected chi connectivity index (χ1v) is 13.1. The fourth-order valence-corrected chi connectivity index (χ4v) is 7.37. The van der Waals surface area contributed by atoms with Crippen molar-refractivity contribution in [3.8, 4) is 27.4 Å². The Morgan fingerprint density at radius 1 is 0.735 bits per heavy atom. The van der Waals surface area contributed by atoms with Crippen molar-refractivity contribution >= 4 is 42.4 Å². The number of benzene rings is 4. The van der Waals surface area contributed by atoms with E-state index in [0.717, 1.165) is 37.7 Å². The summed E-state index contributed by atoms with van der Waals surface area (Å²) in [5.74, 6) is 0.770. The third-order valence-electron chi connectivity index (χ3n) is 6.35. The van der Waals surface area contributed by atoms with Crippen molar-refractivity contribution in [2.45, 2.75) is 16.7 Å². The van der Waals surface area contributed by atoms with Gasteiger partial charge < -0.3 is 0 Å². The van der Waals surface area contributed by atoms with Gasteiger partial charge in [-0.2, -0.15) is 0 Å². The van der Waals surface area contributed by atoms with E-state index in [4.69, 9.17) is 4.98 Å². The van der Waals surface area contributed by atoms with Gasteiger partial charge in [0.25, 0.3) is 0 Å². The zero-order chi connectivity index (χ0) is 23.0. The molecule has 0 spiro atoms. The summed E-state index contributed by atoms with van der Waals surface area (Å²) < 4.78 is 30.2. The van der Waals surface area contributed by atoms with Gasteiger partial charge in [0.1, 0.15) is 10.8 Å². The fourth-order valence-electron chi connectivity index (χ4n) is 4.74. The van der Waals surface area contributed by atoms with Crippen LogP contribution in [0.25, 0.3) is 48.6 Å². The Kier molecular flexibility index (Phi) is 3.96. The molecule has 164 valence electrons. The lowest BCUT2D eigenvalue weighted by Crippen LogP contribution is -2.15. The Bertz CT molecular complexity index is 1850. The number of thiazole rings is 1. The summed E-state index contributed by atoms with van der Waals surface area (Å²) >= 11 is 1.66. The molecule has 3 heterocycles. The summed E-state index contributed by atoms with van der Waals surface area (Å²) in [5, 5.41) is 0.969. The number of rotatable bonds is 2. The van der Waals surface area contributed by atoms with E-state index in [0.29, 0.717) is 26.5 Å². The largest absolute Gasteiger partial charge is 0.294 e. The molecule has 34 heavy (non-hydrogen) atoms. The van der Waals surface area contributed by atoms with Gasteiger partial charge >= 0.3 is 0 Å². The van der Waals surface area contributed by atoms with E-state index in [9.17, 15) is 8.42 Å². The Morgan fingerprint density at radius 2 is 1.47 bits per heavy atom. The van der Waals surface area contributed by atoms with E-state index in [1.165, 1.54) is 0 Å². The number of aryl methyl sites for hydroxylation is 1. The maximum absolute atomic E-state index is 13.6. The predicted octanol–water partition coefficient (Wildman–Crippen LogP) is 6.42. The van der Waals surface area contributed by atoms with E-state index in [1.807, 2.05) is 72.2 Å². The van der Waals surface area contributed by atoms with Gasteiger partial charge in [-0.25, -0.2) is 18.4 Å². The van der Waals surface area contributed by atoms with Gasteiger partial charge in [0.15, 0.2) is 0 Å². The van der Waals surface area contributed by atoms with Crippen molar-refractivity contribution in [3.05, 3.63) is 90.8 Å². The molecule has 7 rings (SSSR count). The van der Waals surface area contributed by atoms with Crippen LogP contribution in [0.1, 0.15) is 5.82 Å². The van der Waals surface area contributed by atoms with E-state index < -0.39 is 9.84 Å². The molecule has 0 bridgehead atoms. The molecule has 0 N–H and O–H groups in total. The van der Waals surface area contributed by atoms with E-state index in [-0.39, 0.29) is 0 Å². The smallest absolute Gasteiger partial charge is 0.210 e. The quantitative estimate of drug-likeness (QED) is 0.287. The Morgan fingerprint density at radius 3 is 2.29 bits per heavy atom. The molecule has 5 nitrogen and oxygen atoms in total. The van der Waals surface area contributed by atoms with Crippen molar-refractivity contribution in [1.82, 2.24) is 14.5 Å². The van der Waals surface area contributed by atoms with Gasteiger partial charge in [0.2, 0.25) is 9.84 Å². The fraction of sp³-hybridized carbons (Fsp3) is 0.0370. The molecular weight excluding hydrogens is 462 g/mol. The first kappa shape index (κ1) is 19.6. The lowest BCUT2D eigenvalue weighted by molar-refractivity contribution is 0.594. The van der Waals surface area contributed by atoms with Crippen LogP contribution in [-0.2, 0) is 9.84 Å². The van der Waals surface area contributed by atoms with Gasteiger partial charge in [-0.05, 0) is 54.4 Å². The number of imidazole rings is 1. The first-order chi connectivity index (χ1) is 16.5. The third kappa shape index (κ3) is 2.68. The summed E-state index contributed by atoms with van der Waals surface area (Å²) in [6, 6.07) is 27.1. The Hall–Kier alpha value is -3.81. The van der Waals surface area contributed by atoms with Crippen molar-refractivity contribution in [2.75, 3.05) is 0 Å². The Labute approximate surface area is 199 Å². The summed E-state index contributed by atoms with van der Waals surface area (Å²) in [6.45, 7) is 1.90. The highest BCUT2D eigenvalue weighted by Gasteiger charge is 2.32. The topological polar surface area (TPSA) is 64.8 Å². The number of hydrogen-bond donors (Lipinski definition) is 0. The van der Waals surface area contributed by atoms with E-state index in [1.54, 1.807) is 29.5 Å². The van der Waals surface area contributed by atoms with Gasteiger partial charge in [0.05, 0.1) is 36.7 Å². The highest BCUT2D eigenvalue weighted by molar-refractivity contribution is 7.92. The molecule has 0 saturated heterocycles. The highest BCUT2D eigenvalue weighted by atomic mass is 32.2. The standard InChI is InChI=1S/C27H17N3O2S2/c1-16-28-21-6-4-8-24-26(21)30(16)22-14-13-19(15-25(22)34(24,31)32)17-9-11-18(12-10-17)27-29-20-5-2-3-7-23(20)33-27/h2-15H,1H3. The monoisotopic (exact) mass is 479 g/mol. The average molecular weight is 480 g/mol. The number of aromatic nitrogens is 3. The van der Waals surface area contributed by atoms with Crippen LogP contribution in [0.4, 0.5) is 0 Å². The maximum Gasteiger partial charge on any atom is 0.210 e. The van der Waals surface area contributed by atoms with Crippen LogP contribution >= 0.6 is 11.3 Å². The van der Waals surface area contributed by atoms with Crippen molar-refractivity contribution in [2.24, 2.45) is 0 Å². The van der Waals surface area contributed by atoms with Crippen LogP contribution in [0.2, 0.25) is 0 Å². The molecule has 7 heteroatoms. The number of hydrogen-bond acceptors (Lipinski definition) is 5. The zero-order valence-electron chi connectivity index (χ0n) is 18.1. The summed E-state index contributed by atoms with van der Waals surface area (Å²) in [4.78, 5) is 9.93. The maximum atomic E-state index is 13.6. The molecule has 1 aliphatic rings. The Balaban J connectivity index is 1.34. The van der Waals surface area contributed by atoms with Gasteiger partial charge in [-0.3, -0.25) is 4.57 Å². The van der Waals surface area contributed by atoms with Crippen molar-refractivity contribution in [3.63, 3.8) is 0 Å². The van der Waals surface area contributed by atoms with Crippen LogP contribution in [0, 0.1) is 6.92 Å². The van der Waals surface area contributed by atoms with Gasteiger partial charge in [-0.15, -0.1) is 11.3 Å². The lowest BCUT2D eigenvalue weighted by Gasteiger charge is -2.21. The second-order valence-electron chi connectivity index (χ2n) is 8.37. The van der Waals surface area contributed by atoms with Crippen molar-refractivity contribution in [1.29, 1.82) is 0 Å². The average Bonchev–Trinajstić information content (AvgIpc) is 3.43.